The molecule has 1 aliphatic rings. The number of ether oxygens (including phenoxy) is 1. The molecule has 0 aliphatic carbocycles. The third kappa shape index (κ3) is 2.48. The van der Waals surface area contributed by atoms with Crippen molar-refractivity contribution in [3.8, 4) is 0 Å². The maximum atomic E-state index is 5.59. The van der Waals surface area contributed by atoms with Crippen LogP contribution in [0.3, 0.4) is 0 Å². The van der Waals surface area contributed by atoms with Gasteiger partial charge in [-0.3, -0.25) is 0 Å². The van der Waals surface area contributed by atoms with E-state index in [2.05, 4.69) is 14.9 Å². The smallest absolute Gasteiger partial charge is 0.132 e. The quantitative estimate of drug-likeness (QED) is 0.763. The largest absolute Gasteiger partial charge is 0.384 e. The predicted molar refractivity (Wildman–Crippen MR) is 62.4 cm³/mol. The number of anilines is 1. The molecule has 0 bridgehead atoms. The first-order valence-electron chi connectivity index (χ1n) is 5.58. The first-order valence-corrected chi connectivity index (χ1v) is 5.58. The molecule has 0 aromatic carbocycles. The Morgan fingerprint density at radius 3 is 3.00 bits per heavy atom. The van der Waals surface area contributed by atoms with Crippen LogP contribution in [0, 0.1) is 5.92 Å². The molecule has 0 radical (unpaired) electrons. The number of aromatic nitrogens is 2. The Morgan fingerprint density at radius 1 is 1.50 bits per heavy atom. The van der Waals surface area contributed by atoms with Gasteiger partial charge < -0.3 is 15.4 Å². The van der Waals surface area contributed by atoms with Crippen LogP contribution in [0.2, 0.25) is 0 Å². The molecule has 2 rings (SSSR count). The van der Waals surface area contributed by atoms with Crippen LogP contribution in [0.5, 0.6) is 0 Å². The van der Waals surface area contributed by atoms with Gasteiger partial charge in [0.15, 0.2) is 0 Å². The molecule has 0 spiro atoms. The van der Waals surface area contributed by atoms with Crippen molar-refractivity contribution in [2.24, 2.45) is 11.7 Å². The molecule has 1 saturated heterocycles. The van der Waals surface area contributed by atoms with Gasteiger partial charge in [0, 0.05) is 44.3 Å². The van der Waals surface area contributed by atoms with Crippen LogP contribution in [-0.4, -0.2) is 43.3 Å². The molecule has 2 N–H and O–H groups in total. The Balaban J connectivity index is 1.94. The highest BCUT2D eigenvalue weighted by molar-refractivity contribution is 5.42. The van der Waals surface area contributed by atoms with E-state index in [1.165, 1.54) is 0 Å². The van der Waals surface area contributed by atoms with Crippen molar-refractivity contribution in [1.29, 1.82) is 0 Å². The maximum Gasteiger partial charge on any atom is 0.132 e. The van der Waals surface area contributed by atoms with Crippen molar-refractivity contribution < 1.29 is 4.74 Å². The topological polar surface area (TPSA) is 64.3 Å². The maximum absolute atomic E-state index is 5.59. The average Bonchev–Trinajstić information content (AvgIpc) is 2.26. The zero-order valence-electron chi connectivity index (χ0n) is 9.59. The van der Waals surface area contributed by atoms with E-state index in [0.29, 0.717) is 12.5 Å². The van der Waals surface area contributed by atoms with E-state index in [1.807, 2.05) is 6.07 Å². The molecular weight excluding hydrogens is 204 g/mol. The molecule has 2 heterocycles. The van der Waals surface area contributed by atoms with Crippen molar-refractivity contribution >= 4 is 5.82 Å². The van der Waals surface area contributed by atoms with Gasteiger partial charge in [-0.15, -0.1) is 0 Å². The zero-order valence-corrected chi connectivity index (χ0v) is 9.59. The number of methoxy groups -OCH3 is 1. The van der Waals surface area contributed by atoms with Gasteiger partial charge in [-0.05, 0) is 6.54 Å². The zero-order chi connectivity index (χ0) is 11.4. The minimum Gasteiger partial charge on any atom is -0.384 e. The van der Waals surface area contributed by atoms with E-state index in [0.717, 1.165) is 37.6 Å². The Hall–Kier alpha value is -1.20. The summed E-state index contributed by atoms with van der Waals surface area (Å²) in [5, 5.41) is 0. The van der Waals surface area contributed by atoms with Gasteiger partial charge in [-0.1, -0.05) is 0 Å². The Kier molecular flexibility index (Phi) is 3.69. The van der Waals surface area contributed by atoms with Gasteiger partial charge in [-0.2, -0.15) is 0 Å². The molecule has 5 heteroatoms. The minimum absolute atomic E-state index is 0.623. The van der Waals surface area contributed by atoms with Gasteiger partial charge in [-0.25, -0.2) is 9.97 Å². The second kappa shape index (κ2) is 5.23. The van der Waals surface area contributed by atoms with Crippen molar-refractivity contribution in [2.75, 3.05) is 38.3 Å². The summed E-state index contributed by atoms with van der Waals surface area (Å²) < 4.78 is 5.03. The van der Waals surface area contributed by atoms with Crippen LogP contribution in [0.4, 0.5) is 5.82 Å². The molecule has 16 heavy (non-hydrogen) atoms. The lowest BCUT2D eigenvalue weighted by Gasteiger charge is -2.39. The molecule has 1 fully saturated rings. The molecule has 0 saturated carbocycles. The Labute approximate surface area is 95.6 Å². The van der Waals surface area contributed by atoms with Crippen LogP contribution in [0.15, 0.2) is 12.4 Å². The number of nitrogens with zero attached hydrogens (tertiary/aromatic N) is 3. The highest BCUT2D eigenvalue weighted by Gasteiger charge is 2.26. The van der Waals surface area contributed by atoms with Crippen molar-refractivity contribution in [3.05, 3.63) is 18.1 Å². The van der Waals surface area contributed by atoms with Crippen molar-refractivity contribution in [3.63, 3.8) is 0 Å². The lowest BCUT2D eigenvalue weighted by molar-refractivity contribution is 0.201. The minimum atomic E-state index is 0.623. The summed E-state index contributed by atoms with van der Waals surface area (Å²) >= 11 is 0. The summed E-state index contributed by atoms with van der Waals surface area (Å²) in [5.74, 6) is 1.63. The van der Waals surface area contributed by atoms with E-state index in [1.54, 1.807) is 13.4 Å². The summed E-state index contributed by atoms with van der Waals surface area (Å²) in [4.78, 5) is 10.7. The van der Waals surface area contributed by atoms with Gasteiger partial charge in [0.05, 0.1) is 6.61 Å². The summed E-state index contributed by atoms with van der Waals surface area (Å²) in [6.45, 7) is 3.48. The van der Waals surface area contributed by atoms with E-state index in [-0.39, 0.29) is 0 Å². The second-order valence-corrected chi connectivity index (χ2v) is 4.12. The number of hydrogen-bond donors (Lipinski definition) is 1. The van der Waals surface area contributed by atoms with Gasteiger partial charge in [0.1, 0.15) is 12.1 Å². The monoisotopic (exact) mass is 222 g/mol. The molecule has 0 atom stereocenters. The Bertz CT molecular complexity index is 339. The summed E-state index contributed by atoms with van der Waals surface area (Å²) in [6, 6.07) is 2.03. The molecule has 88 valence electrons. The SMILES string of the molecule is COCCc1cc(N2CC(CN)C2)ncn1. The second-order valence-electron chi connectivity index (χ2n) is 4.12. The summed E-state index contributed by atoms with van der Waals surface area (Å²) in [5.41, 5.74) is 6.62. The molecule has 1 aromatic heterocycles. The van der Waals surface area contributed by atoms with E-state index < -0.39 is 0 Å². The molecule has 1 aromatic rings. The first kappa shape index (κ1) is 11.3. The number of nitrogens with two attached hydrogens (primary N) is 1. The first-order chi connectivity index (χ1) is 7.83. The molecular formula is C11H18N4O. The molecule has 0 unspecified atom stereocenters. The highest BCUT2D eigenvalue weighted by Crippen LogP contribution is 2.21. The average molecular weight is 222 g/mol. The fourth-order valence-electron chi connectivity index (χ4n) is 1.81. The fraction of sp³-hybridized carbons (Fsp3) is 0.636. The molecule has 0 amide bonds. The fourth-order valence-corrected chi connectivity index (χ4v) is 1.81. The summed E-state index contributed by atoms with van der Waals surface area (Å²) in [7, 11) is 1.70. The van der Waals surface area contributed by atoms with Crippen LogP contribution in [0.1, 0.15) is 5.69 Å². The van der Waals surface area contributed by atoms with Crippen molar-refractivity contribution in [1.82, 2.24) is 9.97 Å². The molecule has 1 aliphatic heterocycles. The van der Waals surface area contributed by atoms with Crippen LogP contribution in [-0.2, 0) is 11.2 Å². The number of hydrogen-bond acceptors (Lipinski definition) is 5. The normalized spacial score (nSPS) is 16.2. The standard InChI is InChI=1S/C11H18N4O/c1-16-3-2-10-4-11(14-8-13-10)15-6-9(5-12)7-15/h4,8-9H,2-3,5-7,12H2,1H3. The van der Waals surface area contributed by atoms with Gasteiger partial charge in [0.2, 0.25) is 0 Å². The van der Waals surface area contributed by atoms with Gasteiger partial charge in [0.25, 0.3) is 0 Å². The van der Waals surface area contributed by atoms with Crippen LogP contribution < -0.4 is 10.6 Å². The Morgan fingerprint density at radius 2 is 2.31 bits per heavy atom. The lowest BCUT2D eigenvalue weighted by atomic mass is 10.0. The highest BCUT2D eigenvalue weighted by atomic mass is 16.5. The van der Waals surface area contributed by atoms with Gasteiger partial charge >= 0.3 is 0 Å². The number of rotatable bonds is 5. The third-order valence-corrected chi connectivity index (χ3v) is 2.89. The van der Waals surface area contributed by atoms with Crippen LogP contribution in [0.25, 0.3) is 0 Å². The van der Waals surface area contributed by atoms with E-state index in [4.69, 9.17) is 10.5 Å². The van der Waals surface area contributed by atoms with E-state index >= 15 is 0 Å². The predicted octanol–water partition coefficient (Wildman–Crippen LogP) is 0.0604. The lowest BCUT2D eigenvalue weighted by Crippen LogP contribution is -2.50. The van der Waals surface area contributed by atoms with Crippen LogP contribution >= 0.6 is 0 Å². The third-order valence-electron chi connectivity index (χ3n) is 2.89. The van der Waals surface area contributed by atoms with E-state index in [9.17, 15) is 0 Å². The van der Waals surface area contributed by atoms with Crippen molar-refractivity contribution in [2.45, 2.75) is 6.42 Å². The molecule has 5 nitrogen and oxygen atoms in total. The summed E-state index contributed by atoms with van der Waals surface area (Å²) in [6.07, 6.45) is 2.45.